The Kier molecular flexibility index (Phi) is 3.53. The van der Waals surface area contributed by atoms with E-state index >= 15 is 0 Å². The summed E-state index contributed by atoms with van der Waals surface area (Å²) in [5.41, 5.74) is 5.73. The standard InChI is InChI=1S/C11H21NO2/c1-8(2)7-9(12)11(5-4-6-11)10(13)14-3/h8-9H,4-7,12H2,1-3H3. The molecule has 2 N–H and O–H groups in total. The van der Waals surface area contributed by atoms with Gasteiger partial charge < -0.3 is 10.5 Å². The number of carbonyl (C=O) groups excluding carboxylic acids is 1. The third kappa shape index (κ3) is 1.92. The van der Waals surface area contributed by atoms with E-state index in [0.29, 0.717) is 5.92 Å². The summed E-state index contributed by atoms with van der Waals surface area (Å²) in [6, 6.07) is -0.0382. The zero-order chi connectivity index (χ0) is 10.8. The second-order valence-corrected chi connectivity index (χ2v) is 4.74. The molecular weight excluding hydrogens is 178 g/mol. The van der Waals surface area contributed by atoms with E-state index in [9.17, 15) is 4.79 Å². The molecule has 0 heterocycles. The van der Waals surface area contributed by atoms with E-state index in [1.54, 1.807) is 0 Å². The van der Waals surface area contributed by atoms with Crippen molar-refractivity contribution >= 4 is 5.97 Å². The SMILES string of the molecule is COC(=O)C1(C(N)CC(C)C)CCC1. The smallest absolute Gasteiger partial charge is 0.313 e. The molecule has 0 bridgehead atoms. The summed E-state index contributed by atoms with van der Waals surface area (Å²) in [5, 5.41) is 0. The lowest BCUT2D eigenvalue weighted by atomic mass is 9.62. The van der Waals surface area contributed by atoms with Gasteiger partial charge in [0.05, 0.1) is 12.5 Å². The van der Waals surface area contributed by atoms with Crippen LogP contribution in [0.3, 0.4) is 0 Å². The largest absolute Gasteiger partial charge is 0.469 e. The molecule has 1 aliphatic carbocycles. The Balaban J connectivity index is 2.64. The first-order valence-electron chi connectivity index (χ1n) is 5.37. The third-order valence-corrected chi connectivity index (χ3v) is 3.27. The molecule has 0 amide bonds. The fourth-order valence-electron chi connectivity index (χ4n) is 2.22. The van der Waals surface area contributed by atoms with E-state index in [1.165, 1.54) is 7.11 Å². The van der Waals surface area contributed by atoms with Crippen LogP contribution in [0.4, 0.5) is 0 Å². The van der Waals surface area contributed by atoms with Gasteiger partial charge in [0, 0.05) is 6.04 Å². The fourth-order valence-corrected chi connectivity index (χ4v) is 2.22. The zero-order valence-corrected chi connectivity index (χ0v) is 9.38. The average molecular weight is 199 g/mol. The van der Waals surface area contributed by atoms with Crippen molar-refractivity contribution in [3.8, 4) is 0 Å². The summed E-state index contributed by atoms with van der Waals surface area (Å²) < 4.78 is 4.84. The van der Waals surface area contributed by atoms with Gasteiger partial charge in [-0.2, -0.15) is 0 Å². The van der Waals surface area contributed by atoms with Crippen molar-refractivity contribution in [2.45, 2.75) is 45.6 Å². The molecular formula is C11H21NO2. The van der Waals surface area contributed by atoms with Crippen molar-refractivity contribution in [1.82, 2.24) is 0 Å². The number of methoxy groups -OCH3 is 1. The quantitative estimate of drug-likeness (QED) is 0.701. The van der Waals surface area contributed by atoms with Crippen LogP contribution in [-0.2, 0) is 9.53 Å². The Bertz CT molecular complexity index is 209. The van der Waals surface area contributed by atoms with Gasteiger partial charge in [-0.3, -0.25) is 4.79 Å². The molecule has 0 radical (unpaired) electrons. The highest BCUT2D eigenvalue weighted by molar-refractivity contribution is 5.78. The Labute approximate surface area is 86.0 Å². The van der Waals surface area contributed by atoms with Gasteiger partial charge in [0.25, 0.3) is 0 Å². The van der Waals surface area contributed by atoms with E-state index in [-0.39, 0.29) is 17.4 Å². The van der Waals surface area contributed by atoms with E-state index in [1.807, 2.05) is 0 Å². The molecule has 0 saturated heterocycles. The van der Waals surface area contributed by atoms with Crippen LogP contribution in [-0.4, -0.2) is 19.1 Å². The Morgan fingerprint density at radius 2 is 2.07 bits per heavy atom. The average Bonchev–Trinajstić information content (AvgIpc) is 2.00. The van der Waals surface area contributed by atoms with Crippen LogP contribution in [0.2, 0.25) is 0 Å². The number of ether oxygens (including phenoxy) is 1. The Morgan fingerprint density at radius 3 is 2.36 bits per heavy atom. The van der Waals surface area contributed by atoms with Crippen molar-refractivity contribution < 1.29 is 9.53 Å². The number of esters is 1. The van der Waals surface area contributed by atoms with Gasteiger partial charge in [0.15, 0.2) is 0 Å². The lowest BCUT2D eigenvalue weighted by molar-refractivity contribution is -0.160. The van der Waals surface area contributed by atoms with Gasteiger partial charge in [0.1, 0.15) is 0 Å². The Hall–Kier alpha value is -0.570. The normalized spacial score (nSPS) is 21.5. The van der Waals surface area contributed by atoms with Crippen LogP contribution < -0.4 is 5.73 Å². The van der Waals surface area contributed by atoms with E-state index in [0.717, 1.165) is 25.7 Å². The van der Waals surface area contributed by atoms with Crippen molar-refractivity contribution in [3.63, 3.8) is 0 Å². The molecule has 1 rings (SSSR count). The highest BCUT2D eigenvalue weighted by Gasteiger charge is 2.49. The second kappa shape index (κ2) is 4.30. The molecule has 1 aliphatic rings. The topological polar surface area (TPSA) is 52.3 Å². The van der Waals surface area contributed by atoms with Crippen LogP contribution in [0.1, 0.15) is 39.5 Å². The van der Waals surface area contributed by atoms with Gasteiger partial charge in [-0.25, -0.2) is 0 Å². The molecule has 0 aromatic heterocycles. The van der Waals surface area contributed by atoms with Gasteiger partial charge in [-0.05, 0) is 25.2 Å². The van der Waals surface area contributed by atoms with Crippen LogP contribution >= 0.6 is 0 Å². The van der Waals surface area contributed by atoms with Gasteiger partial charge in [-0.1, -0.05) is 20.3 Å². The van der Waals surface area contributed by atoms with E-state index in [2.05, 4.69) is 13.8 Å². The first-order valence-corrected chi connectivity index (χ1v) is 5.37. The molecule has 1 saturated carbocycles. The molecule has 0 aromatic carbocycles. The van der Waals surface area contributed by atoms with E-state index < -0.39 is 0 Å². The summed E-state index contributed by atoms with van der Waals surface area (Å²) in [7, 11) is 1.45. The number of nitrogens with two attached hydrogens (primary N) is 1. The lowest BCUT2D eigenvalue weighted by Gasteiger charge is -2.43. The molecule has 0 aromatic rings. The molecule has 3 nitrogen and oxygen atoms in total. The summed E-state index contributed by atoms with van der Waals surface area (Å²) >= 11 is 0. The predicted octanol–water partition coefficient (Wildman–Crippen LogP) is 1.70. The highest BCUT2D eigenvalue weighted by atomic mass is 16.5. The highest BCUT2D eigenvalue weighted by Crippen LogP contribution is 2.45. The molecule has 82 valence electrons. The predicted molar refractivity (Wildman–Crippen MR) is 55.7 cm³/mol. The first-order chi connectivity index (χ1) is 6.53. The molecule has 0 spiro atoms. The first kappa shape index (κ1) is 11.5. The minimum absolute atomic E-state index is 0.0382. The maximum absolute atomic E-state index is 11.6. The molecule has 3 heteroatoms. The monoisotopic (exact) mass is 199 g/mol. The van der Waals surface area contributed by atoms with Crippen molar-refractivity contribution in [3.05, 3.63) is 0 Å². The summed E-state index contributed by atoms with van der Waals surface area (Å²) in [5.74, 6) is 0.420. The number of carbonyl (C=O) groups is 1. The second-order valence-electron chi connectivity index (χ2n) is 4.74. The maximum Gasteiger partial charge on any atom is 0.313 e. The molecule has 0 aliphatic heterocycles. The number of hydrogen-bond donors (Lipinski definition) is 1. The summed E-state index contributed by atoms with van der Waals surface area (Å²) in [6.07, 6.45) is 3.79. The van der Waals surface area contributed by atoms with Gasteiger partial charge in [0.2, 0.25) is 0 Å². The lowest BCUT2D eigenvalue weighted by Crippen LogP contribution is -2.53. The van der Waals surface area contributed by atoms with Crippen molar-refractivity contribution in [2.75, 3.05) is 7.11 Å². The molecule has 1 atom stereocenters. The summed E-state index contributed by atoms with van der Waals surface area (Å²) in [4.78, 5) is 11.6. The zero-order valence-electron chi connectivity index (χ0n) is 9.38. The van der Waals surface area contributed by atoms with Crippen LogP contribution in [0.25, 0.3) is 0 Å². The molecule has 14 heavy (non-hydrogen) atoms. The van der Waals surface area contributed by atoms with E-state index in [4.69, 9.17) is 10.5 Å². The Morgan fingerprint density at radius 1 is 1.50 bits per heavy atom. The van der Waals surface area contributed by atoms with Gasteiger partial charge in [-0.15, -0.1) is 0 Å². The van der Waals surface area contributed by atoms with Crippen LogP contribution in [0.15, 0.2) is 0 Å². The third-order valence-electron chi connectivity index (χ3n) is 3.27. The summed E-state index contributed by atoms with van der Waals surface area (Å²) in [6.45, 7) is 4.26. The number of rotatable bonds is 4. The minimum atomic E-state index is -0.362. The molecule has 1 unspecified atom stereocenters. The number of hydrogen-bond acceptors (Lipinski definition) is 3. The van der Waals surface area contributed by atoms with Crippen molar-refractivity contribution in [1.29, 1.82) is 0 Å². The fraction of sp³-hybridized carbons (Fsp3) is 0.909. The van der Waals surface area contributed by atoms with Crippen molar-refractivity contribution in [2.24, 2.45) is 17.1 Å². The van der Waals surface area contributed by atoms with Crippen LogP contribution in [0, 0.1) is 11.3 Å². The van der Waals surface area contributed by atoms with Gasteiger partial charge >= 0.3 is 5.97 Å². The molecule has 1 fully saturated rings. The maximum atomic E-state index is 11.6. The minimum Gasteiger partial charge on any atom is -0.469 e. The van der Waals surface area contributed by atoms with Crippen LogP contribution in [0.5, 0.6) is 0 Å².